The molecule has 0 amide bonds. The van der Waals surface area contributed by atoms with Crippen LogP contribution in [0.2, 0.25) is 5.02 Å². The molecule has 3 N–H and O–H groups in total. The Morgan fingerprint density at radius 1 is 1.06 bits per heavy atom. The van der Waals surface area contributed by atoms with Crippen molar-refractivity contribution in [3.05, 3.63) is 64.2 Å². The maximum absolute atomic E-state index is 10.6. The lowest BCUT2D eigenvalue weighted by Crippen LogP contribution is -2.46. The highest BCUT2D eigenvalue weighted by Gasteiger charge is 2.61. The largest absolute Gasteiger partial charge is 0.488 e. The highest BCUT2D eigenvalue weighted by atomic mass is 35.5. The maximum Gasteiger partial charge on any atom is 0.225 e. The van der Waals surface area contributed by atoms with Gasteiger partial charge in [-0.2, -0.15) is 0 Å². The van der Waals surface area contributed by atoms with Crippen LogP contribution in [0.1, 0.15) is 23.1 Å². The van der Waals surface area contributed by atoms with Crippen LogP contribution in [0.15, 0.2) is 42.5 Å². The average molecular weight is 449 g/mol. The maximum atomic E-state index is 10.6. The molecule has 3 heterocycles. The number of aliphatic hydroxyl groups excluding tert-OH is 3. The Labute approximate surface area is 185 Å². The number of fused-ring (bicyclic) bond motifs is 2. The summed E-state index contributed by atoms with van der Waals surface area (Å²) < 4.78 is 22.7. The van der Waals surface area contributed by atoms with Gasteiger partial charge in [-0.05, 0) is 41.8 Å². The first-order valence-electron chi connectivity index (χ1n) is 10.4. The predicted molar refractivity (Wildman–Crippen MR) is 111 cm³/mol. The van der Waals surface area contributed by atoms with Gasteiger partial charge in [-0.3, -0.25) is 0 Å². The summed E-state index contributed by atoms with van der Waals surface area (Å²) in [6.45, 7) is 1.32. The zero-order chi connectivity index (χ0) is 21.6. The monoisotopic (exact) mass is 448 g/mol. The van der Waals surface area contributed by atoms with Gasteiger partial charge in [-0.15, -0.1) is 0 Å². The summed E-state index contributed by atoms with van der Waals surface area (Å²) in [6.07, 6.45) is -2.91. The summed E-state index contributed by atoms with van der Waals surface area (Å²) in [7, 11) is 0. The molecule has 3 aliphatic rings. The zero-order valence-electron chi connectivity index (χ0n) is 16.8. The summed E-state index contributed by atoms with van der Waals surface area (Å²) >= 11 is 6.44. The highest BCUT2D eigenvalue weighted by molar-refractivity contribution is 6.31. The van der Waals surface area contributed by atoms with E-state index >= 15 is 0 Å². The van der Waals surface area contributed by atoms with E-state index in [2.05, 4.69) is 0 Å². The lowest BCUT2D eigenvalue weighted by atomic mass is 9.94. The lowest BCUT2D eigenvalue weighted by molar-refractivity contribution is -0.316. The molecule has 0 aliphatic carbocycles. The van der Waals surface area contributed by atoms with Crippen molar-refractivity contribution in [3.63, 3.8) is 0 Å². The minimum atomic E-state index is -1.52. The molecule has 0 aromatic heterocycles. The molecule has 7 nitrogen and oxygen atoms in total. The minimum Gasteiger partial charge on any atom is -0.488 e. The summed E-state index contributed by atoms with van der Waals surface area (Å²) in [6, 6.07) is 13.1. The van der Waals surface area contributed by atoms with E-state index in [-0.39, 0.29) is 12.7 Å². The Hall–Kier alpha value is -1.71. The Kier molecular flexibility index (Phi) is 5.68. The number of halogens is 1. The Morgan fingerprint density at radius 2 is 1.87 bits per heavy atom. The van der Waals surface area contributed by atoms with E-state index in [0.717, 1.165) is 29.9 Å². The summed E-state index contributed by atoms with van der Waals surface area (Å²) in [5.74, 6) is -0.723. The lowest BCUT2D eigenvalue weighted by Gasteiger charge is -2.37. The van der Waals surface area contributed by atoms with Crippen molar-refractivity contribution in [2.24, 2.45) is 0 Å². The zero-order valence-corrected chi connectivity index (χ0v) is 17.6. The fourth-order valence-corrected chi connectivity index (χ4v) is 4.61. The van der Waals surface area contributed by atoms with E-state index in [9.17, 15) is 15.3 Å². The predicted octanol–water partition coefficient (Wildman–Crippen LogP) is 1.76. The summed E-state index contributed by atoms with van der Waals surface area (Å²) in [4.78, 5) is 0. The van der Waals surface area contributed by atoms with Crippen LogP contribution in [0.5, 0.6) is 5.75 Å². The third kappa shape index (κ3) is 3.85. The Balaban J connectivity index is 1.36. The van der Waals surface area contributed by atoms with Gasteiger partial charge in [0.25, 0.3) is 0 Å². The normalized spacial score (nSPS) is 34.8. The van der Waals surface area contributed by atoms with Crippen molar-refractivity contribution in [2.75, 3.05) is 19.8 Å². The van der Waals surface area contributed by atoms with Crippen LogP contribution in [0.4, 0.5) is 0 Å². The van der Waals surface area contributed by atoms with Crippen LogP contribution in [0.25, 0.3) is 0 Å². The van der Waals surface area contributed by atoms with Gasteiger partial charge in [0.05, 0.1) is 19.8 Å². The van der Waals surface area contributed by atoms with Crippen LogP contribution in [0.3, 0.4) is 0 Å². The molecular formula is C23H25ClO7. The molecule has 3 aliphatic heterocycles. The third-order valence-corrected chi connectivity index (χ3v) is 6.53. The Morgan fingerprint density at radius 3 is 2.61 bits per heavy atom. The molecule has 0 radical (unpaired) electrons. The molecule has 166 valence electrons. The molecule has 1 unspecified atom stereocenters. The van der Waals surface area contributed by atoms with Gasteiger partial charge < -0.3 is 34.3 Å². The van der Waals surface area contributed by atoms with E-state index in [0.29, 0.717) is 23.6 Å². The summed E-state index contributed by atoms with van der Waals surface area (Å²) in [5, 5.41) is 31.5. The average Bonchev–Trinajstić information content (AvgIpc) is 3.36. The van der Waals surface area contributed by atoms with Crippen molar-refractivity contribution in [1.29, 1.82) is 0 Å². The number of ether oxygens (including phenoxy) is 4. The molecule has 5 rings (SSSR count). The first kappa shape index (κ1) is 21.2. The van der Waals surface area contributed by atoms with Gasteiger partial charge in [0.15, 0.2) is 0 Å². The Bertz CT molecular complexity index is 930. The molecule has 2 aromatic rings. The molecule has 0 spiro atoms. The number of hydrogen-bond acceptors (Lipinski definition) is 7. The smallest absolute Gasteiger partial charge is 0.225 e. The SMILES string of the molecule is O[C@H]1[C@H]2OC(c3ccc(Cl)c(Cc4ccc(O[C@H]5CCOC5)cc4)c3)(OC[C@H]2O)[C@@H]1O. The van der Waals surface area contributed by atoms with Crippen molar-refractivity contribution in [2.45, 2.75) is 49.1 Å². The molecule has 2 bridgehead atoms. The quantitative estimate of drug-likeness (QED) is 0.641. The van der Waals surface area contributed by atoms with Crippen molar-refractivity contribution < 1.29 is 34.3 Å². The van der Waals surface area contributed by atoms with E-state index < -0.39 is 30.2 Å². The van der Waals surface area contributed by atoms with E-state index in [1.807, 2.05) is 30.3 Å². The summed E-state index contributed by atoms with van der Waals surface area (Å²) in [5.41, 5.74) is 2.42. The van der Waals surface area contributed by atoms with Crippen LogP contribution in [-0.4, -0.2) is 65.7 Å². The second-order valence-corrected chi connectivity index (χ2v) is 8.70. The molecule has 2 aromatic carbocycles. The van der Waals surface area contributed by atoms with E-state index in [1.54, 1.807) is 12.1 Å². The molecule has 3 saturated heterocycles. The first-order chi connectivity index (χ1) is 15.0. The second-order valence-electron chi connectivity index (χ2n) is 8.29. The molecule has 31 heavy (non-hydrogen) atoms. The topological polar surface area (TPSA) is 97.6 Å². The molecule has 8 heteroatoms. The highest BCUT2D eigenvalue weighted by Crippen LogP contribution is 2.46. The fraction of sp³-hybridized carbons (Fsp3) is 0.478. The van der Waals surface area contributed by atoms with Gasteiger partial charge in [-0.25, -0.2) is 0 Å². The van der Waals surface area contributed by atoms with Gasteiger partial charge >= 0.3 is 0 Å². The van der Waals surface area contributed by atoms with Gasteiger partial charge in [0.2, 0.25) is 5.79 Å². The molecule has 6 atom stereocenters. The van der Waals surface area contributed by atoms with E-state index in [4.69, 9.17) is 30.5 Å². The van der Waals surface area contributed by atoms with Crippen molar-refractivity contribution in [3.8, 4) is 5.75 Å². The third-order valence-electron chi connectivity index (χ3n) is 6.17. The van der Waals surface area contributed by atoms with Gasteiger partial charge in [-0.1, -0.05) is 29.8 Å². The fourth-order valence-electron chi connectivity index (χ4n) is 4.43. The standard InChI is InChI=1S/C23H25ClO7/c24-18-6-3-15(23-22(27)20(26)21(31-23)19(25)12-29-23)10-14(18)9-13-1-4-16(5-2-13)30-17-7-8-28-11-17/h1-6,10,17,19-22,25-27H,7-9,11-12H2/t17-,19+,20-,21-,22+,23?/m0/s1. The van der Waals surface area contributed by atoms with E-state index in [1.165, 1.54) is 0 Å². The van der Waals surface area contributed by atoms with Gasteiger partial charge in [0, 0.05) is 17.0 Å². The van der Waals surface area contributed by atoms with Crippen LogP contribution < -0.4 is 4.74 Å². The van der Waals surface area contributed by atoms with Crippen molar-refractivity contribution in [1.82, 2.24) is 0 Å². The molecular weight excluding hydrogens is 424 g/mol. The number of hydrogen-bond donors (Lipinski definition) is 3. The molecule has 0 saturated carbocycles. The van der Waals surface area contributed by atoms with Crippen molar-refractivity contribution >= 4 is 11.6 Å². The van der Waals surface area contributed by atoms with Gasteiger partial charge in [0.1, 0.15) is 36.3 Å². The van der Waals surface area contributed by atoms with Crippen LogP contribution >= 0.6 is 11.6 Å². The molecule has 3 fully saturated rings. The number of benzene rings is 2. The van der Waals surface area contributed by atoms with Crippen LogP contribution in [0, 0.1) is 0 Å². The minimum absolute atomic E-state index is 0.0375. The second kappa shape index (κ2) is 8.33. The van der Waals surface area contributed by atoms with Crippen LogP contribution in [-0.2, 0) is 26.4 Å². The first-order valence-corrected chi connectivity index (χ1v) is 10.8. The number of aliphatic hydroxyl groups is 3. The number of rotatable bonds is 5.